The van der Waals surface area contributed by atoms with Gasteiger partial charge in [0, 0.05) is 13.1 Å². The van der Waals surface area contributed by atoms with Gasteiger partial charge in [0.1, 0.15) is 0 Å². The Hall–Kier alpha value is -1.47. The highest BCUT2D eigenvalue weighted by Gasteiger charge is 2.32. The Morgan fingerprint density at radius 1 is 1.60 bits per heavy atom. The van der Waals surface area contributed by atoms with Crippen LogP contribution in [0.5, 0.6) is 0 Å². The van der Waals surface area contributed by atoms with Gasteiger partial charge in [0.15, 0.2) is 5.69 Å². The Kier molecular flexibility index (Phi) is 4.72. The fraction of sp³-hybridized carbons (Fsp3) is 0.769. The van der Waals surface area contributed by atoms with E-state index in [4.69, 9.17) is 5.73 Å². The van der Waals surface area contributed by atoms with E-state index < -0.39 is 5.60 Å². The summed E-state index contributed by atoms with van der Waals surface area (Å²) in [7, 11) is 0. The second-order valence-electron chi connectivity index (χ2n) is 5.75. The smallest absolute Gasteiger partial charge is 0.273 e. The van der Waals surface area contributed by atoms with E-state index in [2.05, 4.69) is 22.6 Å². The molecule has 0 unspecified atom stereocenters. The molecule has 0 atom stereocenters. The number of amides is 1. The maximum atomic E-state index is 11.9. The normalized spacial score (nSPS) is 26.4. The van der Waals surface area contributed by atoms with Crippen molar-refractivity contribution in [3.8, 4) is 0 Å². The lowest BCUT2D eigenvalue weighted by Gasteiger charge is -2.34. The molecule has 1 fully saturated rings. The third-order valence-electron chi connectivity index (χ3n) is 3.91. The first-order chi connectivity index (χ1) is 9.52. The van der Waals surface area contributed by atoms with Crippen LogP contribution in [0.4, 0.5) is 0 Å². The number of carbonyl (C=O) groups is 1. The van der Waals surface area contributed by atoms with E-state index in [0.29, 0.717) is 19.0 Å². The number of rotatable bonds is 5. The predicted molar refractivity (Wildman–Crippen MR) is 74.0 cm³/mol. The van der Waals surface area contributed by atoms with Crippen molar-refractivity contribution < 1.29 is 9.90 Å². The maximum absolute atomic E-state index is 11.9. The van der Waals surface area contributed by atoms with Crippen LogP contribution in [0.3, 0.4) is 0 Å². The summed E-state index contributed by atoms with van der Waals surface area (Å²) in [5.74, 6) is 0.349. The number of aromatic nitrogens is 3. The molecule has 0 spiro atoms. The number of nitrogens with zero attached hydrogens (tertiary/aromatic N) is 3. The molecule has 0 aliphatic heterocycles. The van der Waals surface area contributed by atoms with Crippen LogP contribution in [-0.2, 0) is 6.54 Å². The molecule has 2 rings (SSSR count). The fourth-order valence-corrected chi connectivity index (χ4v) is 2.46. The van der Waals surface area contributed by atoms with Crippen molar-refractivity contribution in [3.05, 3.63) is 11.9 Å². The number of aliphatic hydroxyl groups is 1. The summed E-state index contributed by atoms with van der Waals surface area (Å²) < 4.78 is 1.53. The van der Waals surface area contributed by atoms with Crippen LogP contribution >= 0.6 is 0 Å². The van der Waals surface area contributed by atoms with E-state index in [1.807, 2.05) is 0 Å². The Morgan fingerprint density at radius 3 is 2.95 bits per heavy atom. The van der Waals surface area contributed by atoms with Crippen molar-refractivity contribution in [2.45, 2.75) is 44.8 Å². The van der Waals surface area contributed by atoms with Crippen LogP contribution < -0.4 is 11.1 Å². The van der Waals surface area contributed by atoms with Crippen molar-refractivity contribution in [3.63, 3.8) is 0 Å². The van der Waals surface area contributed by atoms with Crippen LogP contribution in [0.25, 0.3) is 0 Å². The number of nitrogens with two attached hydrogens (primary N) is 1. The van der Waals surface area contributed by atoms with Crippen LogP contribution in [-0.4, -0.2) is 44.7 Å². The summed E-state index contributed by atoms with van der Waals surface area (Å²) in [4.78, 5) is 11.9. The first kappa shape index (κ1) is 14.9. The van der Waals surface area contributed by atoms with Crippen molar-refractivity contribution in [1.29, 1.82) is 0 Å². The number of carbonyl (C=O) groups excluding carboxylic acids is 1. The molecular formula is C13H23N5O2. The van der Waals surface area contributed by atoms with E-state index in [9.17, 15) is 9.90 Å². The van der Waals surface area contributed by atoms with Gasteiger partial charge in [-0.25, -0.2) is 0 Å². The Morgan fingerprint density at radius 2 is 2.30 bits per heavy atom. The average molecular weight is 281 g/mol. The summed E-state index contributed by atoms with van der Waals surface area (Å²) in [6, 6.07) is 0. The quantitative estimate of drug-likeness (QED) is 0.699. The SMILES string of the molecule is CC1CCC(O)(CNC(=O)c2cn(CCN)nn2)CC1. The average Bonchev–Trinajstić information content (AvgIpc) is 2.89. The molecule has 1 heterocycles. The highest BCUT2D eigenvalue weighted by atomic mass is 16.3. The first-order valence-electron chi connectivity index (χ1n) is 7.13. The van der Waals surface area contributed by atoms with Crippen molar-refractivity contribution >= 4 is 5.91 Å². The largest absolute Gasteiger partial charge is 0.388 e. The van der Waals surface area contributed by atoms with Gasteiger partial charge < -0.3 is 16.2 Å². The zero-order valence-corrected chi connectivity index (χ0v) is 11.9. The molecule has 0 saturated heterocycles. The summed E-state index contributed by atoms with van der Waals surface area (Å²) in [5.41, 5.74) is 4.88. The van der Waals surface area contributed by atoms with Gasteiger partial charge in [-0.05, 0) is 31.6 Å². The zero-order valence-electron chi connectivity index (χ0n) is 11.9. The van der Waals surface area contributed by atoms with Gasteiger partial charge in [-0.2, -0.15) is 0 Å². The maximum Gasteiger partial charge on any atom is 0.273 e. The van der Waals surface area contributed by atoms with Crippen LogP contribution in [0, 0.1) is 5.92 Å². The van der Waals surface area contributed by atoms with E-state index in [0.717, 1.165) is 25.7 Å². The van der Waals surface area contributed by atoms with E-state index in [1.54, 1.807) is 6.20 Å². The Bertz CT molecular complexity index is 451. The monoisotopic (exact) mass is 281 g/mol. The lowest BCUT2D eigenvalue weighted by atomic mass is 9.79. The summed E-state index contributed by atoms with van der Waals surface area (Å²) in [5, 5.41) is 20.8. The molecule has 1 aromatic rings. The molecule has 0 radical (unpaired) electrons. The summed E-state index contributed by atoms with van der Waals surface area (Å²) in [6.45, 7) is 3.43. The number of nitrogens with one attached hydrogen (secondary N) is 1. The molecule has 1 aliphatic carbocycles. The molecule has 7 nitrogen and oxygen atoms in total. The van der Waals surface area contributed by atoms with Gasteiger partial charge in [-0.15, -0.1) is 5.10 Å². The molecule has 112 valence electrons. The standard InChI is InChI=1S/C13H23N5O2/c1-10-2-4-13(20,5-3-10)9-15-12(19)11-8-18(7-6-14)17-16-11/h8,10,20H,2-7,9,14H2,1H3,(H,15,19). The second kappa shape index (κ2) is 6.32. The van der Waals surface area contributed by atoms with Crippen LogP contribution in [0.1, 0.15) is 43.1 Å². The first-order valence-corrected chi connectivity index (χ1v) is 7.13. The Balaban J connectivity index is 1.85. The van der Waals surface area contributed by atoms with Gasteiger partial charge in [0.2, 0.25) is 0 Å². The summed E-state index contributed by atoms with van der Waals surface area (Å²) in [6.07, 6.45) is 5.02. The minimum absolute atomic E-state index is 0.256. The fourth-order valence-electron chi connectivity index (χ4n) is 2.46. The highest BCUT2D eigenvalue weighted by molar-refractivity contribution is 5.91. The molecule has 7 heteroatoms. The van der Waals surface area contributed by atoms with E-state index >= 15 is 0 Å². The van der Waals surface area contributed by atoms with Gasteiger partial charge in [0.25, 0.3) is 5.91 Å². The molecule has 4 N–H and O–H groups in total. The molecule has 0 bridgehead atoms. The van der Waals surface area contributed by atoms with Gasteiger partial charge >= 0.3 is 0 Å². The molecular weight excluding hydrogens is 258 g/mol. The zero-order chi connectivity index (χ0) is 14.6. The molecule has 20 heavy (non-hydrogen) atoms. The van der Waals surface area contributed by atoms with Crippen LogP contribution in [0.15, 0.2) is 6.20 Å². The molecule has 1 saturated carbocycles. The predicted octanol–water partition coefficient (Wildman–Crippen LogP) is -0.0922. The van der Waals surface area contributed by atoms with E-state index in [1.165, 1.54) is 4.68 Å². The number of hydrogen-bond acceptors (Lipinski definition) is 5. The lowest BCUT2D eigenvalue weighted by Crippen LogP contribution is -2.45. The van der Waals surface area contributed by atoms with Crippen molar-refractivity contribution in [1.82, 2.24) is 20.3 Å². The number of hydrogen-bond donors (Lipinski definition) is 3. The molecule has 1 aliphatic rings. The topological polar surface area (TPSA) is 106 Å². The molecule has 1 aromatic heterocycles. The second-order valence-corrected chi connectivity index (χ2v) is 5.75. The Labute approximate surface area is 118 Å². The van der Waals surface area contributed by atoms with Gasteiger partial charge in [-0.1, -0.05) is 12.1 Å². The van der Waals surface area contributed by atoms with Gasteiger partial charge in [0.05, 0.1) is 18.3 Å². The van der Waals surface area contributed by atoms with Gasteiger partial charge in [-0.3, -0.25) is 9.48 Å². The third-order valence-corrected chi connectivity index (χ3v) is 3.91. The van der Waals surface area contributed by atoms with Crippen molar-refractivity contribution in [2.24, 2.45) is 11.7 Å². The van der Waals surface area contributed by atoms with Crippen molar-refractivity contribution in [2.75, 3.05) is 13.1 Å². The molecule has 1 amide bonds. The van der Waals surface area contributed by atoms with Crippen LogP contribution in [0.2, 0.25) is 0 Å². The highest BCUT2D eigenvalue weighted by Crippen LogP contribution is 2.31. The third kappa shape index (κ3) is 3.77. The summed E-state index contributed by atoms with van der Waals surface area (Å²) >= 11 is 0. The minimum Gasteiger partial charge on any atom is -0.388 e. The van der Waals surface area contributed by atoms with E-state index in [-0.39, 0.29) is 18.1 Å². The molecule has 0 aromatic carbocycles. The lowest BCUT2D eigenvalue weighted by molar-refractivity contribution is -0.00543. The minimum atomic E-state index is -0.782.